The molecule has 1 heterocycles. The molecule has 1 amide bonds. The van der Waals surface area contributed by atoms with Gasteiger partial charge in [0.05, 0.1) is 12.8 Å². The minimum Gasteiger partial charge on any atom is -0.497 e. The SMILES string of the molecule is COc1ccc(-c2cc(C(F)(F)F)nc(SCCC(=O)Nc3ccc(C(C)=O)cc3)n2)cc1. The zero-order valence-electron chi connectivity index (χ0n) is 17.8. The van der Waals surface area contributed by atoms with Crippen molar-refractivity contribution in [2.45, 2.75) is 24.7 Å². The normalized spacial score (nSPS) is 11.2. The molecule has 0 aliphatic rings. The molecule has 0 saturated heterocycles. The summed E-state index contributed by atoms with van der Waals surface area (Å²) in [5.74, 6) is 0.348. The fourth-order valence-electron chi connectivity index (χ4n) is 2.79. The molecule has 0 atom stereocenters. The van der Waals surface area contributed by atoms with Crippen LogP contribution in [0.5, 0.6) is 5.75 Å². The second kappa shape index (κ2) is 10.5. The molecule has 3 rings (SSSR count). The molecule has 0 aliphatic carbocycles. The number of methoxy groups -OCH3 is 1. The van der Waals surface area contributed by atoms with Crippen molar-refractivity contribution in [3.8, 4) is 17.0 Å². The summed E-state index contributed by atoms with van der Waals surface area (Å²) in [6, 6.07) is 13.8. The van der Waals surface area contributed by atoms with Crippen LogP contribution in [0.4, 0.5) is 18.9 Å². The van der Waals surface area contributed by atoms with Gasteiger partial charge in [-0.2, -0.15) is 13.2 Å². The molecule has 2 aromatic carbocycles. The fourth-order valence-corrected chi connectivity index (χ4v) is 3.59. The highest BCUT2D eigenvalue weighted by molar-refractivity contribution is 7.99. The number of ether oxygens (including phenoxy) is 1. The Morgan fingerprint density at radius 2 is 1.70 bits per heavy atom. The maximum atomic E-state index is 13.3. The van der Waals surface area contributed by atoms with E-state index in [0.717, 1.165) is 17.8 Å². The predicted octanol–water partition coefficient (Wildman–Crippen LogP) is 5.49. The molecule has 0 bridgehead atoms. The van der Waals surface area contributed by atoms with E-state index in [2.05, 4.69) is 15.3 Å². The minimum absolute atomic E-state index is 0.0383. The third-order valence-corrected chi connectivity index (χ3v) is 5.37. The third kappa shape index (κ3) is 6.79. The van der Waals surface area contributed by atoms with Gasteiger partial charge in [0, 0.05) is 29.0 Å². The van der Waals surface area contributed by atoms with E-state index >= 15 is 0 Å². The molecule has 0 unspecified atom stereocenters. The maximum absolute atomic E-state index is 13.3. The van der Waals surface area contributed by atoms with Crippen LogP contribution in [-0.4, -0.2) is 34.5 Å². The highest BCUT2D eigenvalue weighted by atomic mass is 32.2. The standard InChI is InChI=1S/C23H20F3N3O3S/c1-14(30)15-3-7-17(8-4-15)27-21(31)11-12-33-22-28-19(13-20(29-22)23(24,25)26)16-5-9-18(32-2)10-6-16/h3-10,13H,11-12H2,1-2H3,(H,27,31). The highest BCUT2D eigenvalue weighted by Crippen LogP contribution is 2.32. The molecule has 1 N–H and O–H groups in total. The number of alkyl halides is 3. The van der Waals surface area contributed by atoms with Gasteiger partial charge in [0.2, 0.25) is 5.91 Å². The number of nitrogens with one attached hydrogen (secondary N) is 1. The number of carbonyl (C=O) groups excluding carboxylic acids is 2. The first-order valence-electron chi connectivity index (χ1n) is 9.80. The lowest BCUT2D eigenvalue weighted by molar-refractivity contribution is -0.141. The van der Waals surface area contributed by atoms with Gasteiger partial charge in [0.1, 0.15) is 11.4 Å². The number of Topliss-reactive ketones (excluding diaryl/α,β-unsaturated/α-hetero) is 1. The van der Waals surface area contributed by atoms with Crippen LogP contribution in [0.2, 0.25) is 0 Å². The summed E-state index contributed by atoms with van der Waals surface area (Å²) >= 11 is 0.960. The van der Waals surface area contributed by atoms with Gasteiger partial charge in [-0.25, -0.2) is 9.97 Å². The quantitative estimate of drug-likeness (QED) is 0.263. The van der Waals surface area contributed by atoms with E-state index in [1.54, 1.807) is 48.5 Å². The number of anilines is 1. The van der Waals surface area contributed by atoms with Gasteiger partial charge in [0.15, 0.2) is 10.9 Å². The van der Waals surface area contributed by atoms with E-state index in [1.165, 1.54) is 14.0 Å². The molecule has 0 radical (unpaired) electrons. The van der Waals surface area contributed by atoms with Crippen molar-refractivity contribution in [1.29, 1.82) is 0 Å². The van der Waals surface area contributed by atoms with Crippen LogP contribution >= 0.6 is 11.8 Å². The number of hydrogen-bond acceptors (Lipinski definition) is 6. The predicted molar refractivity (Wildman–Crippen MR) is 119 cm³/mol. The van der Waals surface area contributed by atoms with Gasteiger partial charge in [-0.15, -0.1) is 0 Å². The number of thioether (sulfide) groups is 1. The van der Waals surface area contributed by atoms with Crippen molar-refractivity contribution in [2.24, 2.45) is 0 Å². The van der Waals surface area contributed by atoms with Gasteiger partial charge in [0.25, 0.3) is 0 Å². The number of aromatic nitrogens is 2. The first-order valence-corrected chi connectivity index (χ1v) is 10.8. The molecule has 0 spiro atoms. The van der Waals surface area contributed by atoms with Gasteiger partial charge in [-0.05, 0) is 61.5 Å². The van der Waals surface area contributed by atoms with Crippen molar-refractivity contribution in [3.63, 3.8) is 0 Å². The number of ketones is 1. The maximum Gasteiger partial charge on any atom is 0.433 e. The highest BCUT2D eigenvalue weighted by Gasteiger charge is 2.33. The van der Waals surface area contributed by atoms with Crippen LogP contribution in [0, 0.1) is 0 Å². The molecule has 3 aromatic rings. The molecule has 0 aliphatic heterocycles. The van der Waals surface area contributed by atoms with Gasteiger partial charge in [-0.3, -0.25) is 9.59 Å². The number of benzene rings is 2. The number of hydrogen-bond donors (Lipinski definition) is 1. The minimum atomic E-state index is -4.64. The lowest BCUT2D eigenvalue weighted by Crippen LogP contribution is -2.13. The molecule has 172 valence electrons. The number of amides is 1. The van der Waals surface area contributed by atoms with E-state index in [-0.39, 0.29) is 34.7 Å². The summed E-state index contributed by atoms with van der Waals surface area (Å²) in [5.41, 5.74) is 0.598. The number of carbonyl (C=O) groups is 2. The summed E-state index contributed by atoms with van der Waals surface area (Å²) in [7, 11) is 1.49. The zero-order valence-corrected chi connectivity index (χ0v) is 18.6. The lowest BCUT2D eigenvalue weighted by Gasteiger charge is -2.11. The smallest absolute Gasteiger partial charge is 0.433 e. The molecule has 0 fully saturated rings. The molecule has 10 heteroatoms. The van der Waals surface area contributed by atoms with Crippen molar-refractivity contribution in [3.05, 3.63) is 65.9 Å². The van der Waals surface area contributed by atoms with Crippen molar-refractivity contribution in [2.75, 3.05) is 18.2 Å². The fraction of sp³-hybridized carbons (Fsp3) is 0.217. The first-order chi connectivity index (χ1) is 15.7. The van der Waals surface area contributed by atoms with E-state index in [1.807, 2.05) is 0 Å². The van der Waals surface area contributed by atoms with Gasteiger partial charge < -0.3 is 10.1 Å². The average Bonchev–Trinajstić information content (AvgIpc) is 2.78. The Morgan fingerprint density at radius 3 is 2.27 bits per heavy atom. The van der Waals surface area contributed by atoms with Crippen molar-refractivity contribution < 1.29 is 27.5 Å². The van der Waals surface area contributed by atoms with Crippen LogP contribution in [0.25, 0.3) is 11.3 Å². The topological polar surface area (TPSA) is 81.2 Å². The van der Waals surface area contributed by atoms with Crippen LogP contribution in [-0.2, 0) is 11.0 Å². The zero-order chi connectivity index (χ0) is 24.0. The first kappa shape index (κ1) is 24.2. The Balaban J connectivity index is 1.67. The summed E-state index contributed by atoms with van der Waals surface area (Å²) in [6.07, 6.45) is -4.60. The Kier molecular flexibility index (Phi) is 7.70. The van der Waals surface area contributed by atoms with E-state index in [4.69, 9.17) is 4.74 Å². The summed E-state index contributed by atoms with van der Waals surface area (Å²) < 4.78 is 45.1. The molecule has 6 nitrogen and oxygen atoms in total. The van der Waals surface area contributed by atoms with Gasteiger partial charge >= 0.3 is 6.18 Å². The Hall–Kier alpha value is -3.40. The molecule has 1 aromatic heterocycles. The molecule has 33 heavy (non-hydrogen) atoms. The van der Waals surface area contributed by atoms with Crippen molar-refractivity contribution >= 4 is 29.1 Å². The lowest BCUT2D eigenvalue weighted by atomic mass is 10.1. The Bertz CT molecular complexity index is 1130. The summed E-state index contributed by atoms with van der Waals surface area (Å²) in [4.78, 5) is 31.3. The van der Waals surface area contributed by atoms with Crippen LogP contribution in [0.1, 0.15) is 29.4 Å². The number of halogens is 3. The van der Waals surface area contributed by atoms with E-state index in [9.17, 15) is 22.8 Å². The molecular weight excluding hydrogens is 455 g/mol. The van der Waals surface area contributed by atoms with Gasteiger partial charge in [-0.1, -0.05) is 11.8 Å². The van der Waals surface area contributed by atoms with Crippen LogP contribution in [0.15, 0.2) is 59.8 Å². The number of nitrogens with zero attached hydrogens (tertiary/aromatic N) is 2. The Morgan fingerprint density at radius 1 is 1.03 bits per heavy atom. The monoisotopic (exact) mass is 475 g/mol. The number of rotatable bonds is 8. The summed E-state index contributed by atoms with van der Waals surface area (Å²) in [5, 5.41) is 2.61. The third-order valence-electron chi connectivity index (χ3n) is 4.52. The average molecular weight is 475 g/mol. The van der Waals surface area contributed by atoms with Crippen molar-refractivity contribution in [1.82, 2.24) is 9.97 Å². The van der Waals surface area contributed by atoms with Crippen LogP contribution < -0.4 is 10.1 Å². The summed E-state index contributed by atoms with van der Waals surface area (Å²) in [6.45, 7) is 1.45. The second-order valence-corrected chi connectivity index (χ2v) is 7.99. The van der Waals surface area contributed by atoms with Crippen LogP contribution in [0.3, 0.4) is 0 Å². The van der Waals surface area contributed by atoms with E-state index in [0.29, 0.717) is 22.6 Å². The second-order valence-electron chi connectivity index (χ2n) is 6.93. The van der Waals surface area contributed by atoms with E-state index < -0.39 is 11.9 Å². The molecular formula is C23H20F3N3O3S. The Labute approximate surface area is 192 Å². The molecule has 0 saturated carbocycles. The largest absolute Gasteiger partial charge is 0.497 e.